The van der Waals surface area contributed by atoms with Crippen molar-refractivity contribution in [1.29, 1.82) is 0 Å². The molecule has 110 valence electrons. The Hall–Kier alpha value is -0.400. The molecule has 1 aromatic rings. The van der Waals surface area contributed by atoms with Crippen LogP contribution in [-0.4, -0.2) is 21.5 Å². The molecule has 19 heavy (non-hydrogen) atoms. The maximum Gasteiger partial charge on any atom is 0.242 e. The lowest BCUT2D eigenvalue weighted by atomic mass is 10.2. The molecule has 0 amide bonds. The molecule has 0 radical (unpaired) electrons. The third-order valence-electron chi connectivity index (χ3n) is 2.43. The van der Waals surface area contributed by atoms with Gasteiger partial charge in [-0.15, -0.1) is 12.4 Å². The lowest BCUT2D eigenvalue weighted by Crippen LogP contribution is -2.25. The summed E-state index contributed by atoms with van der Waals surface area (Å²) >= 11 is 5.75. The average molecular weight is 331 g/mol. The van der Waals surface area contributed by atoms with Crippen molar-refractivity contribution >= 4 is 34.0 Å². The van der Waals surface area contributed by atoms with E-state index in [-0.39, 0.29) is 34.4 Å². The Bertz CT molecular complexity index is 524. The Kier molecular flexibility index (Phi) is 7.85. The molecule has 0 aliphatic carbocycles. The van der Waals surface area contributed by atoms with Crippen molar-refractivity contribution in [1.82, 2.24) is 4.72 Å². The number of hydrogen-bond acceptors (Lipinski definition) is 3. The van der Waals surface area contributed by atoms with Crippen LogP contribution < -0.4 is 10.5 Å². The minimum Gasteiger partial charge on any atom is -0.330 e. The third kappa shape index (κ3) is 5.24. The largest absolute Gasteiger partial charge is 0.330 e. The Labute approximate surface area is 124 Å². The Balaban J connectivity index is 0.00000324. The first-order valence-corrected chi connectivity index (χ1v) is 7.40. The number of halogens is 3. The number of sulfonamides is 1. The highest BCUT2D eigenvalue weighted by Gasteiger charge is 2.19. The monoisotopic (exact) mass is 330 g/mol. The summed E-state index contributed by atoms with van der Waals surface area (Å²) in [4.78, 5) is -0.101. The van der Waals surface area contributed by atoms with Gasteiger partial charge in [0.05, 0.1) is 5.02 Å². The molecule has 1 aromatic carbocycles. The van der Waals surface area contributed by atoms with Gasteiger partial charge in [-0.2, -0.15) is 0 Å². The van der Waals surface area contributed by atoms with Crippen LogP contribution in [-0.2, 0) is 10.0 Å². The van der Waals surface area contributed by atoms with Crippen molar-refractivity contribution < 1.29 is 12.8 Å². The van der Waals surface area contributed by atoms with Crippen molar-refractivity contribution in [3.8, 4) is 0 Å². The van der Waals surface area contributed by atoms with Crippen LogP contribution in [0.15, 0.2) is 17.0 Å². The predicted octanol–water partition coefficient (Wildman–Crippen LogP) is 2.23. The molecule has 4 nitrogen and oxygen atoms in total. The van der Waals surface area contributed by atoms with Crippen LogP contribution in [0.25, 0.3) is 0 Å². The zero-order valence-electron chi connectivity index (χ0n) is 10.4. The van der Waals surface area contributed by atoms with Crippen molar-refractivity contribution in [2.24, 2.45) is 5.73 Å². The highest BCUT2D eigenvalue weighted by Crippen LogP contribution is 2.24. The Morgan fingerprint density at radius 1 is 1.37 bits per heavy atom. The molecule has 0 aliphatic rings. The van der Waals surface area contributed by atoms with E-state index in [9.17, 15) is 12.8 Å². The molecule has 1 rings (SSSR count). The standard InChI is InChI=1S/C11H16ClFN2O2S.ClH/c1-8-6-11(9(12)7-10(8)13)18(16,17)15-5-3-2-4-14;/h6-7,15H,2-5,14H2,1H3;1H. The number of unbranched alkanes of at least 4 members (excludes halogenated alkanes) is 1. The highest BCUT2D eigenvalue weighted by molar-refractivity contribution is 7.89. The molecule has 0 saturated heterocycles. The molecule has 0 heterocycles. The van der Waals surface area contributed by atoms with Gasteiger partial charge in [-0.1, -0.05) is 11.6 Å². The van der Waals surface area contributed by atoms with Crippen LogP contribution in [0.2, 0.25) is 5.02 Å². The van der Waals surface area contributed by atoms with E-state index in [1.165, 1.54) is 13.0 Å². The van der Waals surface area contributed by atoms with E-state index in [1.54, 1.807) is 0 Å². The van der Waals surface area contributed by atoms with Gasteiger partial charge >= 0.3 is 0 Å². The van der Waals surface area contributed by atoms with Crippen molar-refractivity contribution in [2.75, 3.05) is 13.1 Å². The first-order valence-electron chi connectivity index (χ1n) is 5.54. The van der Waals surface area contributed by atoms with Gasteiger partial charge in [-0.05, 0) is 44.0 Å². The van der Waals surface area contributed by atoms with Gasteiger partial charge in [-0.3, -0.25) is 0 Å². The van der Waals surface area contributed by atoms with E-state index in [0.717, 1.165) is 12.5 Å². The molecule has 0 spiro atoms. The summed E-state index contributed by atoms with van der Waals surface area (Å²) in [5, 5.41) is -0.121. The summed E-state index contributed by atoms with van der Waals surface area (Å²) in [6.45, 7) is 2.28. The zero-order chi connectivity index (χ0) is 13.8. The third-order valence-corrected chi connectivity index (χ3v) is 4.35. The molecule has 0 aliphatic heterocycles. The summed E-state index contributed by atoms with van der Waals surface area (Å²) in [6.07, 6.45) is 1.38. The van der Waals surface area contributed by atoms with Crippen LogP contribution in [0, 0.1) is 12.7 Å². The number of hydrogen-bond donors (Lipinski definition) is 2. The maximum absolute atomic E-state index is 13.2. The van der Waals surface area contributed by atoms with Crippen molar-refractivity contribution in [3.05, 3.63) is 28.5 Å². The quantitative estimate of drug-likeness (QED) is 0.785. The van der Waals surface area contributed by atoms with Crippen molar-refractivity contribution in [3.63, 3.8) is 0 Å². The van der Waals surface area contributed by atoms with Gasteiger partial charge in [0.15, 0.2) is 0 Å². The number of nitrogens with one attached hydrogen (secondary N) is 1. The van der Waals surface area contributed by atoms with E-state index in [4.69, 9.17) is 17.3 Å². The smallest absolute Gasteiger partial charge is 0.242 e. The number of aryl methyl sites for hydroxylation is 1. The minimum atomic E-state index is -3.70. The van der Waals surface area contributed by atoms with E-state index in [0.29, 0.717) is 13.0 Å². The van der Waals surface area contributed by atoms with Crippen LogP contribution in [0.5, 0.6) is 0 Å². The molecule has 3 N–H and O–H groups in total. The molecular weight excluding hydrogens is 314 g/mol. The number of nitrogens with two attached hydrogens (primary N) is 1. The minimum absolute atomic E-state index is 0. The molecule has 0 aromatic heterocycles. The number of benzene rings is 1. The van der Waals surface area contributed by atoms with Gasteiger partial charge < -0.3 is 5.73 Å². The van der Waals surface area contributed by atoms with E-state index in [2.05, 4.69) is 4.72 Å². The van der Waals surface area contributed by atoms with Gasteiger partial charge in [0, 0.05) is 6.54 Å². The maximum atomic E-state index is 13.2. The second-order valence-corrected chi connectivity index (χ2v) is 6.07. The molecule has 0 saturated carbocycles. The second kappa shape index (κ2) is 8.01. The Morgan fingerprint density at radius 3 is 2.58 bits per heavy atom. The van der Waals surface area contributed by atoms with E-state index >= 15 is 0 Å². The van der Waals surface area contributed by atoms with Crippen LogP contribution in [0.1, 0.15) is 18.4 Å². The van der Waals surface area contributed by atoms with Gasteiger partial charge in [-0.25, -0.2) is 17.5 Å². The lowest BCUT2D eigenvalue weighted by molar-refractivity contribution is 0.576. The normalized spacial score (nSPS) is 11.2. The summed E-state index contributed by atoms with van der Waals surface area (Å²) in [6, 6.07) is 2.23. The van der Waals surface area contributed by atoms with Crippen molar-refractivity contribution in [2.45, 2.75) is 24.7 Å². The van der Waals surface area contributed by atoms with Gasteiger partial charge in [0.1, 0.15) is 10.7 Å². The topological polar surface area (TPSA) is 72.2 Å². The summed E-state index contributed by atoms with van der Waals surface area (Å²) in [5.41, 5.74) is 5.55. The highest BCUT2D eigenvalue weighted by atomic mass is 35.5. The molecular formula is C11H17Cl2FN2O2S. The first-order chi connectivity index (χ1) is 8.38. The summed E-state index contributed by atoms with van der Waals surface area (Å²) < 4.78 is 39.5. The van der Waals surface area contributed by atoms with Gasteiger partial charge in [0.2, 0.25) is 10.0 Å². The summed E-state index contributed by atoms with van der Waals surface area (Å²) in [5.74, 6) is -0.526. The molecule has 8 heteroatoms. The fourth-order valence-corrected chi connectivity index (χ4v) is 3.06. The zero-order valence-corrected chi connectivity index (χ0v) is 12.8. The predicted molar refractivity (Wildman–Crippen MR) is 76.9 cm³/mol. The fourth-order valence-electron chi connectivity index (χ4n) is 1.39. The Morgan fingerprint density at radius 2 is 2.00 bits per heavy atom. The fraction of sp³-hybridized carbons (Fsp3) is 0.455. The lowest BCUT2D eigenvalue weighted by Gasteiger charge is -2.09. The van der Waals surface area contributed by atoms with E-state index in [1.807, 2.05) is 0 Å². The summed E-state index contributed by atoms with van der Waals surface area (Å²) in [7, 11) is -3.70. The first kappa shape index (κ1) is 18.6. The molecule has 0 unspecified atom stereocenters. The van der Waals surface area contributed by atoms with Crippen LogP contribution in [0.4, 0.5) is 4.39 Å². The molecule has 0 fully saturated rings. The average Bonchev–Trinajstić information content (AvgIpc) is 2.29. The molecule has 0 atom stereocenters. The second-order valence-electron chi connectivity index (χ2n) is 3.93. The van der Waals surface area contributed by atoms with E-state index < -0.39 is 15.8 Å². The SMILES string of the molecule is Cc1cc(S(=O)(=O)NCCCCN)c(Cl)cc1F.Cl. The molecule has 0 bridgehead atoms. The van der Waals surface area contributed by atoms with Crippen LogP contribution >= 0.6 is 24.0 Å². The van der Waals surface area contributed by atoms with Crippen LogP contribution in [0.3, 0.4) is 0 Å². The number of rotatable bonds is 6. The van der Waals surface area contributed by atoms with Gasteiger partial charge in [0.25, 0.3) is 0 Å².